The minimum Gasteiger partial charge on any atom is -0.352 e. The van der Waals surface area contributed by atoms with E-state index in [1.54, 1.807) is 0 Å². The molecule has 0 aromatic rings. The van der Waals surface area contributed by atoms with Crippen molar-refractivity contribution in [3.63, 3.8) is 0 Å². The van der Waals surface area contributed by atoms with Gasteiger partial charge in [0.2, 0.25) is 5.91 Å². The predicted molar refractivity (Wildman–Crippen MR) is 46.7 cm³/mol. The quantitative estimate of drug-likeness (QED) is 0.546. The summed E-state index contributed by atoms with van der Waals surface area (Å²) in [4.78, 5) is 11.2. The summed E-state index contributed by atoms with van der Waals surface area (Å²) in [5.41, 5.74) is 0.967. The Morgan fingerprint density at radius 3 is 2.92 bits per heavy atom. The summed E-state index contributed by atoms with van der Waals surface area (Å²) in [5.74, 6) is 0.128. The molecule has 1 amide bonds. The third kappa shape index (κ3) is 1.50. The van der Waals surface area contributed by atoms with Crippen LogP contribution in [-0.2, 0) is 4.79 Å². The Bertz CT molecular complexity index is 217. The number of carbonyl (C=O) groups excluding carboxylic acids is 1. The average Bonchev–Trinajstić information content (AvgIpc) is 2.65. The van der Waals surface area contributed by atoms with Gasteiger partial charge in [-0.2, -0.15) is 0 Å². The van der Waals surface area contributed by atoms with Gasteiger partial charge in [-0.05, 0) is 25.8 Å². The van der Waals surface area contributed by atoms with Crippen molar-refractivity contribution in [3.05, 3.63) is 11.6 Å². The van der Waals surface area contributed by atoms with Crippen LogP contribution in [-0.4, -0.2) is 25.0 Å². The minimum atomic E-state index is 0.128. The number of nitrogens with one attached hydrogen (secondary N) is 2. The van der Waals surface area contributed by atoms with E-state index >= 15 is 0 Å². The highest BCUT2D eigenvalue weighted by Crippen LogP contribution is 2.13. The van der Waals surface area contributed by atoms with Gasteiger partial charge >= 0.3 is 0 Å². The van der Waals surface area contributed by atoms with Crippen molar-refractivity contribution < 1.29 is 4.79 Å². The number of carbonyl (C=O) groups is 1. The highest BCUT2D eigenvalue weighted by atomic mass is 16.1. The summed E-state index contributed by atoms with van der Waals surface area (Å²) in [6.45, 7) is 1.91. The summed E-state index contributed by atoms with van der Waals surface area (Å²) in [6.07, 6.45) is 5.40. The van der Waals surface area contributed by atoms with Crippen LogP contribution in [0.3, 0.4) is 0 Å². The van der Waals surface area contributed by atoms with E-state index in [9.17, 15) is 4.79 Å². The molecule has 2 fully saturated rings. The number of hydrogen-bond acceptors (Lipinski definition) is 2. The van der Waals surface area contributed by atoms with Crippen LogP contribution in [0.4, 0.5) is 0 Å². The first-order valence-electron chi connectivity index (χ1n) is 4.58. The van der Waals surface area contributed by atoms with Gasteiger partial charge in [0.1, 0.15) is 0 Å². The summed E-state index contributed by atoms with van der Waals surface area (Å²) < 4.78 is 0. The van der Waals surface area contributed by atoms with Crippen molar-refractivity contribution in [2.24, 2.45) is 0 Å². The molecule has 0 aromatic heterocycles. The zero-order valence-corrected chi connectivity index (χ0v) is 7.10. The Hall–Kier alpha value is -0.830. The largest absolute Gasteiger partial charge is 0.352 e. The van der Waals surface area contributed by atoms with Gasteiger partial charge in [-0.15, -0.1) is 0 Å². The molecule has 2 aliphatic heterocycles. The predicted octanol–water partition coefficient (Wildman–Crippen LogP) is 0.185. The Labute approximate surface area is 72.2 Å². The third-order valence-corrected chi connectivity index (χ3v) is 2.47. The van der Waals surface area contributed by atoms with Gasteiger partial charge in [0, 0.05) is 18.2 Å². The Morgan fingerprint density at radius 1 is 1.42 bits per heavy atom. The SMILES string of the molecule is O=C1NCC/C1=C\[C@H]1CCCN1. The van der Waals surface area contributed by atoms with Crippen molar-refractivity contribution in [3.8, 4) is 0 Å². The molecule has 3 nitrogen and oxygen atoms in total. The molecule has 0 bridgehead atoms. The lowest BCUT2D eigenvalue weighted by Crippen LogP contribution is -2.20. The molecule has 3 heteroatoms. The normalized spacial score (nSPS) is 32.8. The molecule has 1 atom stereocenters. The first kappa shape index (κ1) is 7.80. The molecule has 2 saturated heterocycles. The Morgan fingerprint density at radius 2 is 2.33 bits per heavy atom. The summed E-state index contributed by atoms with van der Waals surface area (Å²) >= 11 is 0. The monoisotopic (exact) mass is 166 g/mol. The number of hydrogen-bond donors (Lipinski definition) is 2. The second kappa shape index (κ2) is 3.27. The first-order valence-corrected chi connectivity index (χ1v) is 4.58. The Balaban J connectivity index is 2.01. The molecule has 0 spiro atoms. The average molecular weight is 166 g/mol. The van der Waals surface area contributed by atoms with Crippen LogP contribution in [0.5, 0.6) is 0 Å². The van der Waals surface area contributed by atoms with Crippen LogP contribution in [0.1, 0.15) is 19.3 Å². The zero-order chi connectivity index (χ0) is 8.39. The molecule has 0 saturated carbocycles. The van der Waals surface area contributed by atoms with Crippen molar-refractivity contribution >= 4 is 5.91 Å². The van der Waals surface area contributed by atoms with Crippen LogP contribution in [0.2, 0.25) is 0 Å². The molecular formula is C9H14N2O. The molecular weight excluding hydrogens is 152 g/mol. The van der Waals surface area contributed by atoms with Crippen LogP contribution >= 0.6 is 0 Å². The molecule has 2 heterocycles. The van der Waals surface area contributed by atoms with Crippen LogP contribution in [0.15, 0.2) is 11.6 Å². The van der Waals surface area contributed by atoms with E-state index in [4.69, 9.17) is 0 Å². The van der Waals surface area contributed by atoms with E-state index in [0.29, 0.717) is 6.04 Å². The van der Waals surface area contributed by atoms with Crippen molar-refractivity contribution in [1.82, 2.24) is 10.6 Å². The smallest absolute Gasteiger partial charge is 0.247 e. The lowest BCUT2D eigenvalue weighted by Gasteiger charge is -2.03. The minimum absolute atomic E-state index is 0.128. The maximum absolute atomic E-state index is 11.2. The van der Waals surface area contributed by atoms with Gasteiger partial charge in [0.05, 0.1) is 0 Å². The van der Waals surface area contributed by atoms with Crippen LogP contribution in [0.25, 0.3) is 0 Å². The topological polar surface area (TPSA) is 41.1 Å². The molecule has 12 heavy (non-hydrogen) atoms. The third-order valence-electron chi connectivity index (χ3n) is 2.47. The van der Waals surface area contributed by atoms with Gasteiger partial charge in [-0.25, -0.2) is 0 Å². The molecule has 66 valence electrons. The second-order valence-corrected chi connectivity index (χ2v) is 3.40. The van der Waals surface area contributed by atoms with Gasteiger partial charge in [-0.1, -0.05) is 6.08 Å². The number of amides is 1. The van der Waals surface area contributed by atoms with E-state index in [1.807, 2.05) is 0 Å². The van der Waals surface area contributed by atoms with E-state index in [-0.39, 0.29) is 5.91 Å². The fourth-order valence-corrected chi connectivity index (χ4v) is 1.79. The highest BCUT2D eigenvalue weighted by molar-refractivity contribution is 5.95. The summed E-state index contributed by atoms with van der Waals surface area (Å²) in [5, 5.41) is 6.16. The Kier molecular flexibility index (Phi) is 2.13. The highest BCUT2D eigenvalue weighted by Gasteiger charge is 2.19. The van der Waals surface area contributed by atoms with Gasteiger partial charge in [0.25, 0.3) is 0 Å². The number of rotatable bonds is 1. The fraction of sp³-hybridized carbons (Fsp3) is 0.667. The van der Waals surface area contributed by atoms with E-state index < -0.39 is 0 Å². The van der Waals surface area contributed by atoms with Crippen molar-refractivity contribution in [2.45, 2.75) is 25.3 Å². The van der Waals surface area contributed by atoms with E-state index in [2.05, 4.69) is 16.7 Å². The van der Waals surface area contributed by atoms with Crippen molar-refractivity contribution in [1.29, 1.82) is 0 Å². The zero-order valence-electron chi connectivity index (χ0n) is 7.10. The van der Waals surface area contributed by atoms with Gasteiger partial charge in [-0.3, -0.25) is 4.79 Å². The standard InChI is InChI=1S/C9H14N2O/c12-9-7(3-5-11-9)6-8-2-1-4-10-8/h6,8,10H,1-5H2,(H,11,12)/b7-6+/t8-/m1/s1. The maximum atomic E-state index is 11.2. The first-order chi connectivity index (χ1) is 5.86. The molecule has 2 aliphatic rings. The second-order valence-electron chi connectivity index (χ2n) is 3.40. The molecule has 2 rings (SSSR count). The van der Waals surface area contributed by atoms with Gasteiger partial charge in [0.15, 0.2) is 0 Å². The summed E-state index contributed by atoms with van der Waals surface area (Å²) in [6, 6.07) is 0.448. The molecule has 0 aliphatic carbocycles. The van der Waals surface area contributed by atoms with E-state index in [1.165, 1.54) is 12.8 Å². The van der Waals surface area contributed by atoms with Crippen molar-refractivity contribution in [2.75, 3.05) is 13.1 Å². The van der Waals surface area contributed by atoms with Crippen LogP contribution < -0.4 is 10.6 Å². The lowest BCUT2D eigenvalue weighted by molar-refractivity contribution is -0.116. The van der Waals surface area contributed by atoms with Gasteiger partial charge < -0.3 is 10.6 Å². The molecule has 0 radical (unpaired) electrons. The molecule has 2 N–H and O–H groups in total. The maximum Gasteiger partial charge on any atom is 0.247 e. The fourth-order valence-electron chi connectivity index (χ4n) is 1.79. The summed E-state index contributed by atoms with van der Waals surface area (Å²) in [7, 11) is 0. The van der Waals surface area contributed by atoms with E-state index in [0.717, 1.165) is 25.1 Å². The lowest BCUT2D eigenvalue weighted by atomic mass is 10.1. The van der Waals surface area contributed by atoms with Crippen LogP contribution in [0, 0.1) is 0 Å². The molecule has 0 unspecified atom stereocenters. The molecule has 0 aromatic carbocycles.